The number of benzene rings is 3. The van der Waals surface area contributed by atoms with Crippen molar-refractivity contribution in [3.8, 4) is 40.0 Å². The van der Waals surface area contributed by atoms with E-state index in [9.17, 15) is 24.0 Å². The third-order valence-corrected chi connectivity index (χ3v) is 14.1. The normalized spacial score (nSPS) is 16.5. The molecule has 362 valence electrons. The van der Waals surface area contributed by atoms with E-state index < -0.39 is 53.7 Å². The van der Waals surface area contributed by atoms with E-state index >= 15 is 0 Å². The number of likely N-dealkylation sites (N-methyl/N-ethyl adjacent to an activating group) is 1. The molecule has 68 heavy (non-hydrogen) atoms. The van der Waals surface area contributed by atoms with Gasteiger partial charge in [-0.15, -0.1) is 0 Å². The number of halogens is 1. The Morgan fingerprint density at radius 3 is 2.22 bits per heavy atom. The van der Waals surface area contributed by atoms with Gasteiger partial charge in [0.1, 0.15) is 55.4 Å². The highest BCUT2D eigenvalue weighted by Gasteiger charge is 2.36. The molecule has 5 amide bonds. The number of fused-ring (bicyclic) bond motifs is 5. The molecule has 5 rings (SSSR count). The van der Waals surface area contributed by atoms with E-state index in [0.29, 0.717) is 39.4 Å². The van der Waals surface area contributed by atoms with Crippen LogP contribution in [0.2, 0.25) is 5.02 Å². The molecule has 0 radical (unpaired) electrons. The van der Waals surface area contributed by atoms with Crippen LogP contribution < -0.4 is 47.9 Å². The average Bonchev–Trinajstić information content (AvgIpc) is 3.31. The van der Waals surface area contributed by atoms with Crippen molar-refractivity contribution in [2.45, 2.75) is 75.2 Å². The number of hydrogen-bond donors (Lipinski definition) is 7. The van der Waals surface area contributed by atoms with Crippen molar-refractivity contribution in [2.24, 2.45) is 17.2 Å². The van der Waals surface area contributed by atoms with Crippen LogP contribution in [0.4, 0.5) is 0 Å². The van der Waals surface area contributed by atoms with E-state index in [-0.39, 0.29) is 67.6 Å². The molecule has 1 aliphatic heterocycles. The zero-order valence-electron chi connectivity index (χ0n) is 38.7. The quantitative estimate of drug-likeness (QED) is 0.0543. The van der Waals surface area contributed by atoms with Gasteiger partial charge in [-0.05, 0) is 66.9 Å². The molecule has 1 aromatic heterocycles. The second-order valence-corrected chi connectivity index (χ2v) is 20.4. The Bertz CT molecular complexity index is 2480. The van der Waals surface area contributed by atoms with Crippen LogP contribution in [0.1, 0.15) is 67.2 Å². The van der Waals surface area contributed by atoms with Gasteiger partial charge in [0.2, 0.25) is 23.6 Å². The lowest BCUT2D eigenvalue weighted by molar-refractivity contribution is -0.141. The minimum atomic E-state index is -1.42. The number of rotatable bonds is 18. The topological polar surface area (TPSA) is 270 Å². The molecule has 4 aromatic rings. The predicted molar refractivity (Wildman–Crippen MR) is 267 cm³/mol. The molecule has 0 fully saturated rings. The number of amides is 5. The molecule has 0 saturated heterocycles. The maximum absolute atomic E-state index is 14.7. The molecule has 2 heterocycles. The zero-order valence-corrected chi connectivity index (χ0v) is 41.1. The Balaban J connectivity index is 1.50. The van der Waals surface area contributed by atoms with Crippen molar-refractivity contribution in [3.63, 3.8) is 0 Å². The number of aromatic nitrogens is 1. The highest BCUT2D eigenvalue weighted by molar-refractivity contribution is 8.76. The number of pyridine rings is 1. The Morgan fingerprint density at radius 2 is 1.60 bits per heavy atom. The summed E-state index contributed by atoms with van der Waals surface area (Å²) in [4.78, 5) is 75.9. The molecule has 17 nitrogen and oxygen atoms in total. The number of carbonyl (C=O) groups is 5. The Morgan fingerprint density at radius 1 is 0.941 bits per heavy atom. The lowest BCUT2D eigenvalue weighted by atomic mass is 9.93. The van der Waals surface area contributed by atoms with Crippen molar-refractivity contribution in [2.75, 3.05) is 46.4 Å². The number of nitrogens with two attached hydrogens (primary N) is 3. The van der Waals surface area contributed by atoms with Crippen LogP contribution in [0, 0.1) is 11.3 Å². The van der Waals surface area contributed by atoms with Gasteiger partial charge >= 0.3 is 0 Å². The van der Waals surface area contributed by atoms with Crippen LogP contribution in [0.15, 0.2) is 72.9 Å². The van der Waals surface area contributed by atoms with Crippen LogP contribution in [0.5, 0.6) is 11.5 Å². The van der Waals surface area contributed by atoms with Gasteiger partial charge in [-0.2, -0.15) is 5.26 Å². The Labute approximate surface area is 409 Å². The molecule has 0 aliphatic carbocycles. The lowest BCUT2D eigenvalue weighted by Crippen LogP contribution is -2.56. The van der Waals surface area contributed by atoms with Gasteiger partial charge in [0.25, 0.3) is 5.91 Å². The smallest absolute Gasteiger partial charge is 0.255 e. The molecule has 10 N–H and O–H groups in total. The summed E-state index contributed by atoms with van der Waals surface area (Å²) in [5.74, 6) is -1.89. The highest BCUT2D eigenvalue weighted by atomic mass is 35.5. The van der Waals surface area contributed by atoms with Gasteiger partial charge in [-0.3, -0.25) is 29.0 Å². The lowest BCUT2D eigenvalue weighted by Gasteiger charge is -2.32. The molecular weight excluding hydrogens is 928 g/mol. The summed E-state index contributed by atoms with van der Waals surface area (Å²) in [7, 11) is 5.00. The van der Waals surface area contributed by atoms with E-state index in [1.54, 1.807) is 53.3 Å². The van der Waals surface area contributed by atoms with Gasteiger partial charge in [-0.25, -0.2) is 0 Å². The summed E-state index contributed by atoms with van der Waals surface area (Å²) >= 11 is 6.71. The fourth-order valence-electron chi connectivity index (χ4n) is 7.17. The minimum absolute atomic E-state index is 0.00319. The summed E-state index contributed by atoms with van der Waals surface area (Å²) in [6.07, 6.45) is 1.32. The van der Waals surface area contributed by atoms with Gasteiger partial charge in [-0.1, -0.05) is 90.4 Å². The maximum Gasteiger partial charge on any atom is 0.255 e. The number of nitriles is 1. The van der Waals surface area contributed by atoms with Gasteiger partial charge in [0.05, 0.1) is 22.3 Å². The second kappa shape index (κ2) is 24.9. The summed E-state index contributed by atoms with van der Waals surface area (Å²) in [6.45, 7) is 8.26. The standard InChI is InChI=1S/C48H59ClN10O7S2/c1-28-43(60)58-39(45(62)54-19-16-51)23-30-8-12-40(65-20-17-52)33(22-30)34-24-32(11-13-41(34)66-21-18-53)42(46(63)56-28)59(5)47(64)37(14-15-50)57-44(61)35-26-55-38(25-36(35)49)31-9-6-29(7-10-31)27-67-68-48(2,3)4/h6-13,22,24-26,28,37,39,42H,14-15,17-21,23,27,50,52-53H2,1-5H3,(H,54,62)(H,56,63)(H,57,61)(H,58,60)/t28-,37-,39-,42-/m0/s1. The Hall–Kier alpha value is -5.88. The molecule has 4 bridgehead atoms. The second-order valence-electron chi connectivity index (χ2n) is 16.9. The monoisotopic (exact) mass is 986 g/mol. The molecule has 1 aliphatic rings. The first-order valence-electron chi connectivity index (χ1n) is 22.0. The molecular formula is C48H59ClN10O7S2. The molecule has 0 spiro atoms. The molecule has 0 saturated carbocycles. The SMILES string of the molecule is C[C@@H]1NC(=O)[C@@H](N(C)C(=O)[C@H](CCN)NC(=O)c2cnc(-c3ccc(CSSC(C)(C)C)cc3)cc2Cl)c2ccc(OCCN)c(c2)-c2cc(ccc2OCCN)C[C@@H](C(=O)NCC#N)NC1=O. The number of carbonyl (C=O) groups excluding carboxylic acids is 5. The van der Waals surface area contributed by atoms with Crippen LogP contribution in [0.25, 0.3) is 22.4 Å². The average molecular weight is 988 g/mol. The van der Waals surface area contributed by atoms with Crippen molar-refractivity contribution < 1.29 is 33.4 Å². The molecule has 20 heteroatoms. The van der Waals surface area contributed by atoms with Crippen molar-refractivity contribution >= 4 is 62.7 Å². The van der Waals surface area contributed by atoms with E-state index in [4.69, 9.17) is 43.5 Å². The molecule has 4 atom stereocenters. The predicted octanol–water partition coefficient (Wildman–Crippen LogP) is 4.26. The fraction of sp³-hybridized carbons (Fsp3) is 0.396. The summed E-state index contributed by atoms with van der Waals surface area (Å²) in [5, 5.41) is 19.9. The number of hydrogen-bond acceptors (Lipinski definition) is 14. The van der Waals surface area contributed by atoms with E-state index in [1.165, 1.54) is 25.1 Å². The summed E-state index contributed by atoms with van der Waals surface area (Å²) < 4.78 is 12.3. The van der Waals surface area contributed by atoms with Crippen LogP contribution in [0.3, 0.4) is 0 Å². The van der Waals surface area contributed by atoms with E-state index in [2.05, 4.69) is 47.0 Å². The maximum atomic E-state index is 14.7. The zero-order chi connectivity index (χ0) is 49.5. The first-order valence-corrected chi connectivity index (χ1v) is 24.7. The van der Waals surface area contributed by atoms with Gasteiger partial charge in [0, 0.05) is 59.9 Å². The van der Waals surface area contributed by atoms with Crippen molar-refractivity contribution in [3.05, 3.63) is 100 Å². The third kappa shape index (κ3) is 14.3. The highest BCUT2D eigenvalue weighted by Crippen LogP contribution is 2.41. The number of nitrogens with one attached hydrogen (secondary N) is 4. The third-order valence-electron chi connectivity index (χ3n) is 10.5. The number of ether oxygens (including phenoxy) is 2. The largest absolute Gasteiger partial charge is 0.492 e. The fourth-order valence-corrected chi connectivity index (χ4v) is 9.79. The first-order chi connectivity index (χ1) is 32.5. The van der Waals surface area contributed by atoms with Crippen molar-refractivity contribution in [1.29, 1.82) is 5.26 Å². The molecule has 0 unspecified atom stereocenters. The molecule has 3 aromatic carbocycles. The first kappa shape index (κ1) is 53.1. The van der Waals surface area contributed by atoms with Gasteiger partial charge < -0.3 is 52.8 Å². The Kier molecular flexibility index (Phi) is 19.5. The van der Waals surface area contributed by atoms with Crippen LogP contribution in [-0.4, -0.2) is 109 Å². The van der Waals surface area contributed by atoms with Crippen LogP contribution >= 0.6 is 33.2 Å². The number of nitrogens with zero attached hydrogens (tertiary/aromatic N) is 3. The summed E-state index contributed by atoms with van der Waals surface area (Å²) in [5.41, 5.74) is 22.0. The van der Waals surface area contributed by atoms with Gasteiger partial charge in [0.15, 0.2) is 0 Å². The van der Waals surface area contributed by atoms with Crippen LogP contribution in [-0.2, 0) is 31.4 Å². The van der Waals surface area contributed by atoms with Crippen molar-refractivity contribution in [1.82, 2.24) is 31.2 Å². The van der Waals surface area contributed by atoms with E-state index in [1.807, 2.05) is 41.1 Å². The van der Waals surface area contributed by atoms with E-state index in [0.717, 1.165) is 16.9 Å². The summed E-state index contributed by atoms with van der Waals surface area (Å²) in [6, 6.07) is 16.4. The minimum Gasteiger partial charge on any atom is -0.492 e.